The topological polar surface area (TPSA) is 53.8 Å². The van der Waals surface area contributed by atoms with Crippen LogP contribution in [0, 0.1) is 5.92 Å². The van der Waals surface area contributed by atoms with Gasteiger partial charge in [-0.3, -0.25) is 9.59 Å². The van der Waals surface area contributed by atoms with Gasteiger partial charge in [-0.25, -0.2) is 0 Å². The van der Waals surface area contributed by atoms with Crippen LogP contribution in [-0.4, -0.2) is 47.8 Å². The zero-order valence-electron chi connectivity index (χ0n) is 14.0. The number of furan rings is 1. The molecule has 1 aromatic heterocycles. The molecule has 0 spiro atoms. The predicted octanol–water partition coefficient (Wildman–Crippen LogP) is 3.56. The third-order valence-electron chi connectivity index (χ3n) is 5.24. The van der Waals surface area contributed by atoms with Gasteiger partial charge in [-0.15, -0.1) is 0 Å². The van der Waals surface area contributed by atoms with Gasteiger partial charge < -0.3 is 14.2 Å². The number of hydrogen-bond acceptors (Lipinski definition) is 3. The van der Waals surface area contributed by atoms with E-state index in [9.17, 15) is 9.59 Å². The molecule has 4 rings (SSSR count). The molecule has 2 aliphatic heterocycles. The van der Waals surface area contributed by atoms with Gasteiger partial charge in [0.25, 0.3) is 5.91 Å². The van der Waals surface area contributed by atoms with Gasteiger partial charge >= 0.3 is 0 Å². The third-order valence-corrected chi connectivity index (χ3v) is 5.47. The first-order valence-electron chi connectivity index (χ1n) is 8.89. The van der Waals surface area contributed by atoms with Crippen molar-refractivity contribution in [3.05, 3.63) is 35.0 Å². The van der Waals surface area contributed by atoms with E-state index in [0.717, 1.165) is 44.2 Å². The molecule has 0 bridgehead atoms. The summed E-state index contributed by atoms with van der Waals surface area (Å²) in [5.74, 6) is 0.542. The number of benzene rings is 1. The van der Waals surface area contributed by atoms with Gasteiger partial charge in [0, 0.05) is 42.5 Å². The van der Waals surface area contributed by atoms with Crippen molar-refractivity contribution in [2.24, 2.45) is 5.92 Å². The molecule has 0 aliphatic carbocycles. The van der Waals surface area contributed by atoms with Gasteiger partial charge in [0.15, 0.2) is 5.76 Å². The number of amides is 2. The van der Waals surface area contributed by atoms with Gasteiger partial charge in [0.2, 0.25) is 5.91 Å². The van der Waals surface area contributed by atoms with E-state index >= 15 is 0 Å². The van der Waals surface area contributed by atoms with Gasteiger partial charge in [-0.05, 0) is 49.9 Å². The van der Waals surface area contributed by atoms with Crippen molar-refractivity contribution in [3.8, 4) is 0 Å². The number of likely N-dealkylation sites (tertiary alicyclic amines) is 2. The smallest absolute Gasteiger partial charge is 0.289 e. The van der Waals surface area contributed by atoms with Crippen molar-refractivity contribution in [2.45, 2.75) is 25.7 Å². The number of nitrogens with zero attached hydrogens (tertiary/aromatic N) is 2. The molecule has 0 atom stereocenters. The number of fused-ring (bicyclic) bond motifs is 1. The van der Waals surface area contributed by atoms with E-state index in [1.54, 1.807) is 29.2 Å². The molecule has 2 fully saturated rings. The van der Waals surface area contributed by atoms with Gasteiger partial charge in [0.1, 0.15) is 5.58 Å². The van der Waals surface area contributed by atoms with Crippen LogP contribution in [0.5, 0.6) is 0 Å². The molecule has 2 aliphatic rings. The van der Waals surface area contributed by atoms with Crippen LogP contribution in [-0.2, 0) is 4.79 Å². The second-order valence-electron chi connectivity index (χ2n) is 6.89. The highest BCUT2D eigenvalue weighted by Crippen LogP contribution is 2.26. The highest BCUT2D eigenvalue weighted by Gasteiger charge is 2.32. The van der Waals surface area contributed by atoms with Gasteiger partial charge in [-0.1, -0.05) is 11.6 Å². The van der Waals surface area contributed by atoms with Crippen LogP contribution in [0.3, 0.4) is 0 Å². The Labute approximate surface area is 151 Å². The number of hydrogen-bond donors (Lipinski definition) is 0. The van der Waals surface area contributed by atoms with Gasteiger partial charge in [-0.2, -0.15) is 0 Å². The second kappa shape index (κ2) is 6.71. The molecule has 25 heavy (non-hydrogen) atoms. The Hall–Kier alpha value is -2.01. The van der Waals surface area contributed by atoms with Crippen LogP contribution in [0.25, 0.3) is 11.0 Å². The van der Waals surface area contributed by atoms with E-state index in [1.165, 1.54) is 0 Å². The summed E-state index contributed by atoms with van der Waals surface area (Å²) in [6.07, 6.45) is 3.68. The zero-order valence-corrected chi connectivity index (χ0v) is 14.8. The van der Waals surface area contributed by atoms with Crippen LogP contribution < -0.4 is 0 Å². The fourth-order valence-corrected chi connectivity index (χ4v) is 3.98. The quantitative estimate of drug-likeness (QED) is 0.822. The number of halogens is 1. The van der Waals surface area contributed by atoms with Crippen LogP contribution >= 0.6 is 11.6 Å². The van der Waals surface area contributed by atoms with E-state index in [4.69, 9.17) is 16.0 Å². The minimum Gasteiger partial charge on any atom is -0.451 e. The maximum absolute atomic E-state index is 12.7. The largest absolute Gasteiger partial charge is 0.451 e. The molecule has 0 radical (unpaired) electrons. The summed E-state index contributed by atoms with van der Waals surface area (Å²) in [5.41, 5.74) is 0.659. The number of carbonyl (C=O) groups is 2. The minimum atomic E-state index is -0.112. The maximum Gasteiger partial charge on any atom is 0.289 e. The van der Waals surface area contributed by atoms with Crippen molar-refractivity contribution < 1.29 is 14.0 Å². The van der Waals surface area contributed by atoms with Crippen molar-refractivity contribution >= 4 is 34.4 Å². The predicted molar refractivity (Wildman–Crippen MR) is 95.7 cm³/mol. The summed E-state index contributed by atoms with van der Waals surface area (Å²) >= 11 is 5.98. The monoisotopic (exact) mass is 360 g/mol. The highest BCUT2D eigenvalue weighted by molar-refractivity contribution is 6.31. The number of piperidine rings is 1. The van der Waals surface area contributed by atoms with Crippen LogP contribution in [0.1, 0.15) is 36.2 Å². The van der Waals surface area contributed by atoms with E-state index in [1.807, 2.05) is 4.90 Å². The minimum absolute atomic E-state index is 0.0524. The molecule has 1 aromatic carbocycles. The average molecular weight is 361 g/mol. The SMILES string of the molecule is O=C(c1cc2cc(Cl)ccc2o1)N1CCC(C(=O)N2CCCC2)CC1. The second-order valence-corrected chi connectivity index (χ2v) is 7.33. The Morgan fingerprint density at radius 1 is 1.00 bits per heavy atom. The number of rotatable bonds is 2. The Morgan fingerprint density at radius 3 is 2.44 bits per heavy atom. The Bertz CT molecular complexity index is 802. The van der Waals surface area contributed by atoms with Crippen LogP contribution in [0.4, 0.5) is 0 Å². The van der Waals surface area contributed by atoms with Crippen molar-refractivity contribution in [2.75, 3.05) is 26.2 Å². The zero-order chi connectivity index (χ0) is 17.4. The molecular formula is C19H21ClN2O3. The van der Waals surface area contributed by atoms with E-state index in [2.05, 4.69) is 0 Å². The standard InChI is InChI=1S/C19H21ClN2O3/c20-15-3-4-16-14(11-15)12-17(25-16)19(24)22-9-5-13(6-10-22)18(23)21-7-1-2-8-21/h3-4,11-13H,1-2,5-10H2. The third kappa shape index (κ3) is 3.25. The molecule has 0 N–H and O–H groups in total. The van der Waals surface area contributed by atoms with Crippen LogP contribution in [0.2, 0.25) is 5.02 Å². The molecule has 2 aromatic rings. The highest BCUT2D eigenvalue weighted by atomic mass is 35.5. The summed E-state index contributed by atoms with van der Waals surface area (Å²) < 4.78 is 5.67. The summed E-state index contributed by atoms with van der Waals surface area (Å²) in [4.78, 5) is 28.9. The lowest BCUT2D eigenvalue weighted by molar-refractivity contribution is -0.135. The van der Waals surface area contributed by atoms with Crippen molar-refractivity contribution in [1.29, 1.82) is 0 Å². The summed E-state index contributed by atoms with van der Waals surface area (Å²) in [5, 5.41) is 1.45. The molecule has 2 amide bonds. The summed E-state index contributed by atoms with van der Waals surface area (Å²) in [6, 6.07) is 7.05. The first-order chi connectivity index (χ1) is 12.1. The van der Waals surface area contributed by atoms with E-state index in [-0.39, 0.29) is 17.7 Å². The fraction of sp³-hybridized carbons (Fsp3) is 0.474. The molecule has 6 heteroatoms. The lowest BCUT2D eigenvalue weighted by atomic mass is 9.95. The Kier molecular flexibility index (Phi) is 4.42. The molecule has 5 nitrogen and oxygen atoms in total. The lowest BCUT2D eigenvalue weighted by Gasteiger charge is -2.32. The molecule has 3 heterocycles. The fourth-order valence-electron chi connectivity index (χ4n) is 3.80. The molecular weight excluding hydrogens is 340 g/mol. The lowest BCUT2D eigenvalue weighted by Crippen LogP contribution is -2.43. The molecule has 0 saturated carbocycles. The molecule has 132 valence electrons. The van der Waals surface area contributed by atoms with E-state index < -0.39 is 0 Å². The Balaban J connectivity index is 1.41. The van der Waals surface area contributed by atoms with Crippen molar-refractivity contribution in [3.63, 3.8) is 0 Å². The first-order valence-corrected chi connectivity index (χ1v) is 9.27. The normalized spacial score (nSPS) is 18.9. The molecule has 0 unspecified atom stereocenters. The van der Waals surface area contributed by atoms with Gasteiger partial charge in [0.05, 0.1) is 0 Å². The summed E-state index contributed by atoms with van der Waals surface area (Å²) in [6.45, 7) is 2.97. The molecule has 2 saturated heterocycles. The average Bonchev–Trinajstić information content (AvgIpc) is 3.30. The van der Waals surface area contributed by atoms with E-state index in [0.29, 0.717) is 29.5 Å². The van der Waals surface area contributed by atoms with Crippen molar-refractivity contribution in [1.82, 2.24) is 9.80 Å². The maximum atomic E-state index is 12.7. The Morgan fingerprint density at radius 2 is 1.72 bits per heavy atom. The first kappa shape index (κ1) is 16.5. The number of carbonyl (C=O) groups excluding carboxylic acids is 2. The van der Waals surface area contributed by atoms with Crippen LogP contribution in [0.15, 0.2) is 28.7 Å². The summed E-state index contributed by atoms with van der Waals surface area (Å²) in [7, 11) is 0.